The van der Waals surface area contributed by atoms with Crippen molar-refractivity contribution in [2.45, 2.75) is 25.7 Å². The highest BCUT2D eigenvalue weighted by Gasteiger charge is 2.35. The second-order valence-electron chi connectivity index (χ2n) is 7.76. The smallest absolute Gasteiger partial charge is 0.313 e. The van der Waals surface area contributed by atoms with Gasteiger partial charge in [0.15, 0.2) is 0 Å². The fourth-order valence-corrected chi connectivity index (χ4v) is 3.46. The lowest BCUT2D eigenvalue weighted by Crippen LogP contribution is -2.40. The van der Waals surface area contributed by atoms with Crippen molar-refractivity contribution in [3.8, 4) is 0 Å². The van der Waals surface area contributed by atoms with Crippen LogP contribution in [0, 0.1) is 5.92 Å². The van der Waals surface area contributed by atoms with Crippen LogP contribution in [0.2, 0.25) is 0 Å². The van der Waals surface area contributed by atoms with Gasteiger partial charge in [0, 0.05) is 37.9 Å². The monoisotopic (exact) mass is 363 g/mol. The van der Waals surface area contributed by atoms with Crippen LogP contribution in [-0.4, -0.2) is 78.9 Å². The maximum Gasteiger partial charge on any atom is 0.313 e. The molecule has 2 fully saturated rings. The van der Waals surface area contributed by atoms with E-state index in [-0.39, 0.29) is 0 Å². The van der Waals surface area contributed by atoms with Crippen LogP contribution >= 0.6 is 0 Å². The molecule has 8 heteroatoms. The van der Waals surface area contributed by atoms with Crippen molar-refractivity contribution in [3.05, 3.63) is 11.8 Å². The van der Waals surface area contributed by atoms with Gasteiger partial charge in [-0.25, -0.2) is 4.98 Å². The highest BCUT2D eigenvalue weighted by molar-refractivity contribution is 5.82. The lowest BCUT2D eigenvalue weighted by Gasteiger charge is -2.32. The third-order valence-electron chi connectivity index (χ3n) is 5.33. The van der Waals surface area contributed by atoms with Crippen molar-refractivity contribution in [1.29, 1.82) is 0 Å². The fraction of sp³-hybridized carbons (Fsp3) is 0.722. The van der Waals surface area contributed by atoms with Crippen LogP contribution in [0.25, 0.3) is 0 Å². The first-order valence-corrected chi connectivity index (χ1v) is 9.24. The number of anilines is 2. The first-order valence-electron chi connectivity index (χ1n) is 9.24. The summed E-state index contributed by atoms with van der Waals surface area (Å²) in [6.07, 6.45) is 2.83. The van der Waals surface area contributed by atoms with E-state index >= 15 is 0 Å². The number of hydrogen-bond donors (Lipinski definition) is 2. The third-order valence-corrected chi connectivity index (χ3v) is 5.33. The Morgan fingerprint density at radius 2 is 2.12 bits per heavy atom. The summed E-state index contributed by atoms with van der Waals surface area (Å²) in [7, 11) is 2.13. The first-order chi connectivity index (χ1) is 12.4. The number of aliphatic carboxylic acids is 1. The number of likely N-dealkylation sites (tertiary alicyclic amines) is 1. The highest BCUT2D eigenvalue weighted by atomic mass is 16.5. The van der Waals surface area contributed by atoms with Gasteiger partial charge in [0.25, 0.3) is 0 Å². The summed E-state index contributed by atoms with van der Waals surface area (Å²) in [5, 5.41) is 13.0. The van der Waals surface area contributed by atoms with Gasteiger partial charge in [-0.15, -0.1) is 0 Å². The highest BCUT2D eigenvalue weighted by Crippen LogP contribution is 2.32. The Kier molecular flexibility index (Phi) is 5.62. The van der Waals surface area contributed by atoms with Crippen LogP contribution in [0.5, 0.6) is 0 Å². The van der Waals surface area contributed by atoms with Crippen LogP contribution in [0.4, 0.5) is 11.8 Å². The van der Waals surface area contributed by atoms with E-state index in [0.717, 1.165) is 19.6 Å². The van der Waals surface area contributed by atoms with Gasteiger partial charge in [-0.1, -0.05) is 0 Å². The van der Waals surface area contributed by atoms with E-state index in [1.165, 1.54) is 6.42 Å². The van der Waals surface area contributed by atoms with Crippen LogP contribution in [0.15, 0.2) is 6.20 Å². The molecule has 1 atom stereocenters. The van der Waals surface area contributed by atoms with E-state index in [2.05, 4.69) is 27.1 Å². The molecule has 0 unspecified atom stereocenters. The third kappa shape index (κ3) is 4.07. The summed E-state index contributed by atoms with van der Waals surface area (Å²) >= 11 is 0. The lowest BCUT2D eigenvalue weighted by atomic mass is 9.85. The molecular formula is C18H29N5O3. The molecule has 0 aliphatic carbocycles. The minimum Gasteiger partial charge on any atom is -0.481 e. The number of nitrogens with one attached hydrogen (secondary N) is 1. The Morgan fingerprint density at radius 1 is 1.38 bits per heavy atom. The summed E-state index contributed by atoms with van der Waals surface area (Å²) < 4.78 is 5.43. The van der Waals surface area contributed by atoms with Gasteiger partial charge in [0.2, 0.25) is 5.95 Å². The second-order valence-corrected chi connectivity index (χ2v) is 7.76. The summed E-state index contributed by atoms with van der Waals surface area (Å²) in [5.74, 6) is 0.962. The number of ether oxygens (including phenoxy) is 1. The van der Waals surface area contributed by atoms with E-state index in [9.17, 15) is 9.90 Å². The second kappa shape index (κ2) is 7.75. The molecule has 2 aliphatic heterocycles. The number of aromatic nitrogens is 2. The van der Waals surface area contributed by atoms with Crippen LogP contribution in [-0.2, 0) is 14.9 Å². The molecule has 2 N–H and O–H groups in total. The molecule has 0 spiro atoms. The molecule has 8 nitrogen and oxygen atoms in total. The predicted molar refractivity (Wildman–Crippen MR) is 99.8 cm³/mol. The standard InChI is InChI=1S/C18H29N5O3/c1-18(2,16(24)25)14-11-20-17(19-10-13-4-5-22(3)12-13)21-15(14)23-6-8-26-9-7-23/h11,13H,4-10,12H2,1-3H3,(H,24,25)(H,19,20,21)/t13-/m0/s1. The lowest BCUT2D eigenvalue weighted by molar-refractivity contribution is -0.142. The molecule has 1 aromatic heterocycles. The van der Waals surface area contributed by atoms with Gasteiger partial charge >= 0.3 is 5.97 Å². The summed E-state index contributed by atoms with van der Waals surface area (Å²) in [5.41, 5.74) is -0.418. The Morgan fingerprint density at radius 3 is 2.73 bits per heavy atom. The molecule has 0 radical (unpaired) electrons. The van der Waals surface area contributed by atoms with Crippen LogP contribution in [0.1, 0.15) is 25.8 Å². The zero-order chi connectivity index (χ0) is 18.7. The summed E-state index contributed by atoms with van der Waals surface area (Å²) in [4.78, 5) is 25.3. The Bertz CT molecular complexity index is 646. The maximum absolute atomic E-state index is 11.8. The Hall–Kier alpha value is -1.93. The summed E-state index contributed by atoms with van der Waals surface area (Å²) in [6, 6.07) is 0. The normalized spacial score (nSPS) is 21.8. The number of carbonyl (C=O) groups is 1. The van der Waals surface area contributed by atoms with Crippen molar-refractivity contribution in [2.75, 3.05) is 63.2 Å². The van der Waals surface area contributed by atoms with Crippen molar-refractivity contribution in [1.82, 2.24) is 14.9 Å². The number of morpholine rings is 1. The SMILES string of the molecule is CN1CC[C@@H](CNc2ncc(C(C)(C)C(=O)O)c(N3CCOCC3)n2)C1. The molecule has 1 aromatic rings. The van der Waals surface area contributed by atoms with E-state index in [1.54, 1.807) is 20.0 Å². The number of carboxylic acids is 1. The number of hydrogen-bond acceptors (Lipinski definition) is 7. The number of nitrogens with zero attached hydrogens (tertiary/aromatic N) is 4. The van der Waals surface area contributed by atoms with E-state index in [4.69, 9.17) is 9.72 Å². The van der Waals surface area contributed by atoms with Crippen molar-refractivity contribution in [2.24, 2.45) is 5.92 Å². The zero-order valence-corrected chi connectivity index (χ0v) is 15.9. The fourth-order valence-electron chi connectivity index (χ4n) is 3.46. The number of carboxylic acid groups (broad SMARTS) is 1. The summed E-state index contributed by atoms with van der Waals surface area (Å²) in [6.45, 7) is 9.06. The van der Waals surface area contributed by atoms with Gasteiger partial charge in [0.05, 0.1) is 18.6 Å². The van der Waals surface area contributed by atoms with Gasteiger partial charge in [-0.05, 0) is 39.8 Å². The topological polar surface area (TPSA) is 90.8 Å². The molecule has 0 amide bonds. The minimum atomic E-state index is -1.06. The molecule has 26 heavy (non-hydrogen) atoms. The van der Waals surface area contributed by atoms with Crippen molar-refractivity contribution in [3.63, 3.8) is 0 Å². The van der Waals surface area contributed by atoms with E-state index in [0.29, 0.717) is 49.6 Å². The van der Waals surface area contributed by atoms with Gasteiger partial charge in [-0.2, -0.15) is 4.98 Å². The van der Waals surface area contributed by atoms with Crippen LogP contribution < -0.4 is 10.2 Å². The van der Waals surface area contributed by atoms with E-state index < -0.39 is 11.4 Å². The molecule has 0 saturated carbocycles. The molecule has 0 bridgehead atoms. The largest absolute Gasteiger partial charge is 0.481 e. The quantitative estimate of drug-likeness (QED) is 0.775. The van der Waals surface area contributed by atoms with Crippen molar-refractivity contribution < 1.29 is 14.6 Å². The van der Waals surface area contributed by atoms with Gasteiger partial charge < -0.3 is 25.0 Å². The average Bonchev–Trinajstić information content (AvgIpc) is 3.05. The van der Waals surface area contributed by atoms with Crippen LogP contribution in [0.3, 0.4) is 0 Å². The molecule has 0 aromatic carbocycles. The maximum atomic E-state index is 11.8. The minimum absolute atomic E-state index is 0.561. The van der Waals surface area contributed by atoms with Crippen molar-refractivity contribution >= 4 is 17.7 Å². The molecule has 2 aliphatic rings. The molecule has 3 rings (SSSR count). The molecular weight excluding hydrogens is 334 g/mol. The van der Waals surface area contributed by atoms with Gasteiger partial charge in [0.1, 0.15) is 5.82 Å². The molecule has 3 heterocycles. The van der Waals surface area contributed by atoms with Gasteiger partial charge in [-0.3, -0.25) is 4.79 Å². The Balaban J connectivity index is 1.82. The first kappa shape index (κ1) is 18.8. The predicted octanol–water partition coefficient (Wildman–Crippen LogP) is 1.04. The van der Waals surface area contributed by atoms with E-state index in [1.807, 2.05) is 0 Å². The molecule has 144 valence electrons. The average molecular weight is 363 g/mol. The Labute approximate surface area is 154 Å². The molecule has 2 saturated heterocycles. The number of rotatable bonds is 6. The zero-order valence-electron chi connectivity index (χ0n) is 15.9.